The van der Waals surface area contributed by atoms with Crippen LogP contribution < -0.4 is 4.90 Å². The first-order chi connectivity index (χ1) is 10.2. The minimum Gasteiger partial charge on any atom is -0.393 e. The number of hydrogen-bond donors (Lipinski definition) is 1. The number of fused-ring (bicyclic) bond motifs is 2. The summed E-state index contributed by atoms with van der Waals surface area (Å²) in [5, 5.41) is 19.2. The zero-order valence-electron chi connectivity index (χ0n) is 12.1. The van der Waals surface area contributed by atoms with Crippen molar-refractivity contribution in [2.45, 2.75) is 43.9 Å². The van der Waals surface area contributed by atoms with E-state index in [1.54, 1.807) is 6.08 Å². The van der Waals surface area contributed by atoms with E-state index in [1.165, 1.54) is 0 Å². The Morgan fingerprint density at radius 1 is 1.14 bits per heavy atom. The SMILES string of the molecule is C=Cc1c(C#N)ccc(N2C3CCC2CC(O)C3)c1C=C. The molecule has 3 rings (SSSR count). The monoisotopic (exact) mass is 280 g/mol. The second kappa shape index (κ2) is 5.38. The van der Waals surface area contributed by atoms with Crippen LogP contribution in [0.25, 0.3) is 12.2 Å². The van der Waals surface area contributed by atoms with Crippen LogP contribution in [0.15, 0.2) is 25.3 Å². The molecule has 2 aliphatic heterocycles. The fourth-order valence-electron chi connectivity index (χ4n) is 3.92. The molecule has 1 aromatic carbocycles. The first-order valence-corrected chi connectivity index (χ1v) is 7.48. The average Bonchev–Trinajstić information content (AvgIpc) is 2.76. The van der Waals surface area contributed by atoms with Gasteiger partial charge in [-0.25, -0.2) is 0 Å². The van der Waals surface area contributed by atoms with Crippen LogP contribution in [0.2, 0.25) is 0 Å². The van der Waals surface area contributed by atoms with Crippen molar-refractivity contribution in [2.24, 2.45) is 0 Å². The summed E-state index contributed by atoms with van der Waals surface area (Å²) in [6, 6.07) is 6.89. The molecule has 1 aromatic rings. The minimum atomic E-state index is -0.178. The fraction of sp³-hybridized carbons (Fsp3) is 0.389. The topological polar surface area (TPSA) is 47.3 Å². The van der Waals surface area contributed by atoms with Gasteiger partial charge in [-0.2, -0.15) is 5.26 Å². The van der Waals surface area contributed by atoms with E-state index in [-0.39, 0.29) is 6.10 Å². The van der Waals surface area contributed by atoms with Crippen LogP contribution in [-0.4, -0.2) is 23.3 Å². The molecule has 2 atom stereocenters. The molecular weight excluding hydrogens is 260 g/mol. The minimum absolute atomic E-state index is 0.178. The van der Waals surface area contributed by atoms with E-state index >= 15 is 0 Å². The summed E-state index contributed by atoms with van der Waals surface area (Å²) in [5.41, 5.74) is 3.60. The van der Waals surface area contributed by atoms with Crippen molar-refractivity contribution in [3.63, 3.8) is 0 Å². The average molecular weight is 280 g/mol. The number of rotatable bonds is 3. The standard InChI is InChI=1S/C18H20N2O/c1-3-16-12(11-19)5-8-18(17(16)4-2)20-13-6-7-14(20)10-15(21)9-13/h3-5,8,13-15,21H,1-2,6-7,9-10H2. The quantitative estimate of drug-likeness (QED) is 0.923. The van der Waals surface area contributed by atoms with Gasteiger partial charge in [0.15, 0.2) is 0 Å². The van der Waals surface area contributed by atoms with Gasteiger partial charge in [0, 0.05) is 28.9 Å². The summed E-state index contributed by atoms with van der Waals surface area (Å²) in [4.78, 5) is 2.43. The van der Waals surface area contributed by atoms with Crippen LogP contribution in [-0.2, 0) is 0 Å². The molecule has 0 radical (unpaired) electrons. The highest BCUT2D eigenvalue weighted by molar-refractivity contribution is 5.79. The van der Waals surface area contributed by atoms with E-state index in [2.05, 4.69) is 24.1 Å². The van der Waals surface area contributed by atoms with Crippen molar-refractivity contribution >= 4 is 17.8 Å². The van der Waals surface area contributed by atoms with Gasteiger partial charge in [0.2, 0.25) is 0 Å². The highest BCUT2D eigenvalue weighted by Gasteiger charge is 2.40. The normalized spacial score (nSPS) is 27.2. The van der Waals surface area contributed by atoms with Gasteiger partial charge in [-0.05, 0) is 37.8 Å². The largest absolute Gasteiger partial charge is 0.393 e. The lowest BCUT2D eigenvalue weighted by atomic mass is 9.94. The van der Waals surface area contributed by atoms with Gasteiger partial charge < -0.3 is 10.0 Å². The number of piperidine rings is 1. The Labute approximate surface area is 125 Å². The molecule has 3 heteroatoms. The van der Waals surface area contributed by atoms with Crippen LogP contribution in [0, 0.1) is 11.3 Å². The van der Waals surface area contributed by atoms with E-state index in [1.807, 2.05) is 18.2 Å². The first-order valence-electron chi connectivity index (χ1n) is 7.48. The molecule has 0 amide bonds. The van der Waals surface area contributed by atoms with Gasteiger partial charge in [0.05, 0.1) is 17.7 Å². The molecule has 2 saturated heterocycles. The predicted octanol–water partition coefficient (Wildman–Crippen LogP) is 3.34. The molecule has 108 valence electrons. The lowest BCUT2D eigenvalue weighted by molar-refractivity contribution is 0.126. The van der Waals surface area contributed by atoms with Gasteiger partial charge in [0.1, 0.15) is 0 Å². The molecule has 0 aromatic heterocycles. The van der Waals surface area contributed by atoms with Crippen molar-refractivity contribution in [1.29, 1.82) is 5.26 Å². The van der Waals surface area contributed by atoms with E-state index in [9.17, 15) is 10.4 Å². The molecule has 2 unspecified atom stereocenters. The van der Waals surface area contributed by atoms with Gasteiger partial charge >= 0.3 is 0 Å². The zero-order chi connectivity index (χ0) is 15.0. The molecule has 21 heavy (non-hydrogen) atoms. The Morgan fingerprint density at radius 3 is 2.29 bits per heavy atom. The molecule has 2 fully saturated rings. The van der Waals surface area contributed by atoms with E-state index in [0.717, 1.165) is 42.5 Å². The highest BCUT2D eigenvalue weighted by Crippen LogP contribution is 2.42. The molecule has 0 spiro atoms. The third-order valence-electron chi connectivity index (χ3n) is 4.78. The molecule has 2 aliphatic rings. The molecule has 0 aliphatic carbocycles. The number of nitriles is 1. The Morgan fingerprint density at radius 2 is 1.76 bits per heavy atom. The maximum absolute atomic E-state index is 9.96. The third kappa shape index (κ3) is 2.16. The van der Waals surface area contributed by atoms with E-state index in [4.69, 9.17) is 0 Å². The van der Waals surface area contributed by atoms with Crippen LogP contribution in [0.4, 0.5) is 5.69 Å². The summed E-state index contributed by atoms with van der Waals surface area (Å²) >= 11 is 0. The number of aliphatic hydroxyl groups excluding tert-OH is 1. The second-order valence-corrected chi connectivity index (χ2v) is 5.90. The fourth-order valence-corrected chi connectivity index (χ4v) is 3.92. The summed E-state index contributed by atoms with van der Waals surface area (Å²) in [6.45, 7) is 7.77. The molecule has 0 saturated carbocycles. The van der Waals surface area contributed by atoms with Crippen molar-refractivity contribution < 1.29 is 5.11 Å². The maximum Gasteiger partial charge on any atom is 0.0998 e. The number of hydrogen-bond acceptors (Lipinski definition) is 3. The number of anilines is 1. The van der Waals surface area contributed by atoms with Crippen molar-refractivity contribution in [3.05, 3.63) is 42.0 Å². The molecule has 1 N–H and O–H groups in total. The van der Waals surface area contributed by atoms with Crippen molar-refractivity contribution in [2.75, 3.05) is 4.90 Å². The summed E-state index contributed by atoms with van der Waals surface area (Å²) in [6.07, 6.45) is 7.29. The van der Waals surface area contributed by atoms with Gasteiger partial charge in [-0.3, -0.25) is 0 Å². The zero-order valence-corrected chi connectivity index (χ0v) is 12.1. The first kappa shape index (κ1) is 13.9. The van der Waals surface area contributed by atoms with Crippen molar-refractivity contribution in [1.82, 2.24) is 0 Å². The van der Waals surface area contributed by atoms with Crippen LogP contribution in [0.3, 0.4) is 0 Å². The van der Waals surface area contributed by atoms with Crippen LogP contribution >= 0.6 is 0 Å². The second-order valence-electron chi connectivity index (χ2n) is 5.90. The van der Waals surface area contributed by atoms with Crippen molar-refractivity contribution in [3.8, 4) is 6.07 Å². The maximum atomic E-state index is 9.96. The van der Waals surface area contributed by atoms with Gasteiger partial charge in [-0.15, -0.1) is 0 Å². The van der Waals surface area contributed by atoms with E-state index < -0.39 is 0 Å². The molecule has 3 nitrogen and oxygen atoms in total. The Hall–Kier alpha value is -2.05. The summed E-state index contributed by atoms with van der Waals surface area (Å²) < 4.78 is 0. The lowest BCUT2D eigenvalue weighted by Crippen LogP contribution is -2.45. The number of aliphatic hydroxyl groups is 1. The van der Waals surface area contributed by atoms with Crippen LogP contribution in [0.5, 0.6) is 0 Å². The van der Waals surface area contributed by atoms with Crippen LogP contribution in [0.1, 0.15) is 42.4 Å². The van der Waals surface area contributed by atoms with Gasteiger partial charge in [-0.1, -0.05) is 25.3 Å². The molecular formula is C18H20N2O. The van der Waals surface area contributed by atoms with Gasteiger partial charge in [0.25, 0.3) is 0 Å². The Balaban J connectivity index is 2.10. The smallest absolute Gasteiger partial charge is 0.0998 e. The Bertz CT molecular complexity index is 615. The third-order valence-corrected chi connectivity index (χ3v) is 4.78. The highest BCUT2D eigenvalue weighted by atomic mass is 16.3. The molecule has 2 bridgehead atoms. The Kier molecular flexibility index (Phi) is 3.57. The van der Waals surface area contributed by atoms with E-state index in [0.29, 0.717) is 17.6 Å². The summed E-state index contributed by atoms with van der Waals surface area (Å²) in [7, 11) is 0. The lowest BCUT2D eigenvalue weighted by Gasteiger charge is -2.40. The molecule has 2 heterocycles. The summed E-state index contributed by atoms with van der Waals surface area (Å²) in [5.74, 6) is 0. The predicted molar refractivity (Wildman–Crippen MR) is 85.9 cm³/mol. The number of benzene rings is 1. The number of nitrogens with zero attached hydrogens (tertiary/aromatic N) is 2.